The second-order valence-electron chi connectivity index (χ2n) is 2.33. The zero-order valence-corrected chi connectivity index (χ0v) is 6.62. The fourth-order valence-electron chi connectivity index (χ4n) is 0.869. The minimum absolute atomic E-state index is 1.15. The van der Waals surface area contributed by atoms with Crippen molar-refractivity contribution >= 4 is 5.57 Å². The summed E-state index contributed by atoms with van der Waals surface area (Å²) in [4.78, 5) is 4.01. The van der Waals surface area contributed by atoms with E-state index in [1.54, 1.807) is 12.3 Å². The van der Waals surface area contributed by atoms with E-state index in [1.807, 2.05) is 31.3 Å². The van der Waals surface area contributed by atoms with Gasteiger partial charge < -0.3 is 0 Å². The molecule has 0 amide bonds. The Hall–Kier alpha value is -1.37. The van der Waals surface area contributed by atoms with Gasteiger partial charge in [0, 0.05) is 12.4 Å². The lowest BCUT2D eigenvalue weighted by Crippen LogP contribution is -1.78. The molecule has 1 heteroatoms. The van der Waals surface area contributed by atoms with Gasteiger partial charge in [-0.05, 0) is 24.1 Å². The summed E-state index contributed by atoms with van der Waals surface area (Å²) in [5.74, 6) is 0. The summed E-state index contributed by atoms with van der Waals surface area (Å²) in [7, 11) is 0. The summed E-state index contributed by atoms with van der Waals surface area (Å²) in [6.45, 7) is 5.67. The van der Waals surface area contributed by atoms with E-state index >= 15 is 0 Å². The summed E-state index contributed by atoms with van der Waals surface area (Å²) in [6, 6.07) is 3.96. The van der Waals surface area contributed by atoms with Gasteiger partial charge in [-0.25, -0.2) is 0 Å². The van der Waals surface area contributed by atoms with Crippen LogP contribution in [-0.4, -0.2) is 4.98 Å². The third kappa shape index (κ3) is 2.04. The van der Waals surface area contributed by atoms with Crippen molar-refractivity contribution in [3.05, 3.63) is 48.8 Å². The largest absolute Gasteiger partial charge is 0.264 e. The van der Waals surface area contributed by atoms with E-state index in [2.05, 4.69) is 11.6 Å². The van der Waals surface area contributed by atoms with Crippen LogP contribution in [0.15, 0.2) is 43.3 Å². The zero-order valence-electron chi connectivity index (χ0n) is 6.62. The number of rotatable bonds is 2. The predicted octanol–water partition coefficient (Wildman–Crippen LogP) is 2.67. The maximum absolute atomic E-state index is 4.01. The van der Waals surface area contributed by atoms with Gasteiger partial charge in [-0.15, -0.1) is 0 Å². The minimum Gasteiger partial charge on any atom is -0.264 e. The molecule has 1 aromatic heterocycles. The molecule has 0 fully saturated rings. The van der Waals surface area contributed by atoms with Crippen LogP contribution in [0.1, 0.15) is 12.5 Å². The molecule has 1 rings (SSSR count). The molecule has 0 aliphatic carbocycles. The van der Waals surface area contributed by atoms with E-state index in [9.17, 15) is 0 Å². The SMILES string of the molecule is C=C/C=C(\C)c1cccnc1. The third-order valence-corrected chi connectivity index (χ3v) is 1.48. The van der Waals surface area contributed by atoms with Gasteiger partial charge in [-0.1, -0.05) is 24.8 Å². The Morgan fingerprint density at radius 2 is 2.45 bits per heavy atom. The topological polar surface area (TPSA) is 12.9 Å². The lowest BCUT2D eigenvalue weighted by molar-refractivity contribution is 1.30. The molecule has 1 nitrogen and oxygen atoms in total. The molecule has 0 unspecified atom stereocenters. The van der Waals surface area contributed by atoms with E-state index in [1.165, 1.54) is 5.57 Å². The van der Waals surface area contributed by atoms with E-state index < -0.39 is 0 Å². The quantitative estimate of drug-likeness (QED) is 0.583. The van der Waals surface area contributed by atoms with Gasteiger partial charge in [0.25, 0.3) is 0 Å². The molecule has 0 aliphatic rings. The summed E-state index contributed by atoms with van der Waals surface area (Å²) < 4.78 is 0. The summed E-state index contributed by atoms with van der Waals surface area (Å²) in [6.07, 6.45) is 7.36. The molecule has 0 saturated heterocycles. The summed E-state index contributed by atoms with van der Waals surface area (Å²) >= 11 is 0. The van der Waals surface area contributed by atoms with Crippen molar-refractivity contribution in [2.24, 2.45) is 0 Å². The fourth-order valence-corrected chi connectivity index (χ4v) is 0.869. The lowest BCUT2D eigenvalue weighted by Gasteiger charge is -1.96. The maximum atomic E-state index is 4.01. The highest BCUT2D eigenvalue weighted by Gasteiger charge is 1.90. The average Bonchev–Trinajstić information content (AvgIpc) is 2.07. The van der Waals surface area contributed by atoms with Crippen LogP contribution in [0, 0.1) is 0 Å². The Morgan fingerprint density at radius 1 is 1.64 bits per heavy atom. The van der Waals surface area contributed by atoms with Crippen molar-refractivity contribution in [1.82, 2.24) is 4.98 Å². The highest BCUT2D eigenvalue weighted by molar-refractivity contribution is 5.63. The smallest absolute Gasteiger partial charge is 0.0342 e. The predicted molar refractivity (Wildman–Crippen MR) is 48.1 cm³/mol. The van der Waals surface area contributed by atoms with Crippen molar-refractivity contribution < 1.29 is 0 Å². The van der Waals surface area contributed by atoms with Crippen LogP contribution in [0.3, 0.4) is 0 Å². The molecule has 0 aromatic carbocycles. The van der Waals surface area contributed by atoms with Crippen LogP contribution in [0.25, 0.3) is 5.57 Å². The molecular weight excluding hydrogens is 134 g/mol. The normalized spacial score (nSPS) is 11.2. The van der Waals surface area contributed by atoms with E-state index in [-0.39, 0.29) is 0 Å². The summed E-state index contributed by atoms with van der Waals surface area (Å²) in [5, 5.41) is 0. The number of hydrogen-bond acceptors (Lipinski definition) is 1. The van der Waals surface area contributed by atoms with Gasteiger partial charge in [-0.2, -0.15) is 0 Å². The minimum atomic E-state index is 1.15. The molecular formula is C10H11N. The van der Waals surface area contributed by atoms with Gasteiger partial charge in [0.2, 0.25) is 0 Å². The molecule has 0 spiro atoms. The number of aromatic nitrogens is 1. The second kappa shape index (κ2) is 3.71. The first-order valence-electron chi connectivity index (χ1n) is 3.54. The maximum Gasteiger partial charge on any atom is 0.0342 e. The monoisotopic (exact) mass is 145 g/mol. The van der Waals surface area contributed by atoms with E-state index in [0.29, 0.717) is 0 Å². The van der Waals surface area contributed by atoms with Gasteiger partial charge in [0.1, 0.15) is 0 Å². The van der Waals surface area contributed by atoms with Crippen LogP contribution in [0.4, 0.5) is 0 Å². The molecule has 0 aliphatic heterocycles. The molecule has 0 saturated carbocycles. The van der Waals surface area contributed by atoms with Gasteiger partial charge in [0.05, 0.1) is 0 Å². The molecule has 0 radical (unpaired) electrons. The fraction of sp³-hybridized carbons (Fsp3) is 0.100. The summed E-state index contributed by atoms with van der Waals surface area (Å²) in [5.41, 5.74) is 2.33. The van der Waals surface area contributed by atoms with Crippen LogP contribution < -0.4 is 0 Å². The number of nitrogens with zero attached hydrogens (tertiary/aromatic N) is 1. The second-order valence-corrected chi connectivity index (χ2v) is 2.33. The Morgan fingerprint density at radius 3 is 3.00 bits per heavy atom. The Balaban J connectivity index is 2.94. The zero-order chi connectivity index (χ0) is 8.10. The standard InChI is InChI=1S/C10H11N/c1-3-5-9(2)10-6-4-7-11-8-10/h3-8H,1H2,2H3/b9-5+. The first-order valence-corrected chi connectivity index (χ1v) is 3.54. The van der Waals surface area contributed by atoms with Crippen LogP contribution in [0.5, 0.6) is 0 Å². The van der Waals surface area contributed by atoms with Crippen molar-refractivity contribution in [2.45, 2.75) is 6.92 Å². The van der Waals surface area contributed by atoms with Crippen molar-refractivity contribution in [3.63, 3.8) is 0 Å². The van der Waals surface area contributed by atoms with E-state index in [4.69, 9.17) is 0 Å². The van der Waals surface area contributed by atoms with Crippen molar-refractivity contribution in [1.29, 1.82) is 0 Å². The number of hydrogen-bond donors (Lipinski definition) is 0. The Bertz CT molecular complexity index is 259. The van der Waals surface area contributed by atoms with Crippen LogP contribution in [0.2, 0.25) is 0 Å². The molecule has 56 valence electrons. The molecule has 1 heterocycles. The highest BCUT2D eigenvalue weighted by Crippen LogP contribution is 2.10. The Kier molecular flexibility index (Phi) is 2.61. The molecule has 0 N–H and O–H groups in total. The van der Waals surface area contributed by atoms with Gasteiger partial charge >= 0.3 is 0 Å². The average molecular weight is 145 g/mol. The van der Waals surface area contributed by atoms with Crippen molar-refractivity contribution in [3.8, 4) is 0 Å². The first kappa shape index (κ1) is 7.73. The van der Waals surface area contributed by atoms with Crippen LogP contribution in [-0.2, 0) is 0 Å². The molecule has 0 bridgehead atoms. The number of allylic oxidation sites excluding steroid dienone is 3. The first-order chi connectivity index (χ1) is 5.34. The number of pyridine rings is 1. The third-order valence-electron chi connectivity index (χ3n) is 1.48. The van der Waals surface area contributed by atoms with Gasteiger partial charge in [-0.3, -0.25) is 4.98 Å². The molecule has 0 atom stereocenters. The van der Waals surface area contributed by atoms with Gasteiger partial charge in [0.15, 0.2) is 0 Å². The molecule has 11 heavy (non-hydrogen) atoms. The Labute approximate surface area is 67.1 Å². The highest BCUT2D eigenvalue weighted by atomic mass is 14.6. The molecule has 1 aromatic rings. The lowest BCUT2D eigenvalue weighted by atomic mass is 10.1. The van der Waals surface area contributed by atoms with Crippen LogP contribution >= 0.6 is 0 Å². The van der Waals surface area contributed by atoms with Crippen molar-refractivity contribution in [2.75, 3.05) is 0 Å². The van der Waals surface area contributed by atoms with E-state index in [0.717, 1.165) is 5.56 Å².